The Balaban J connectivity index is 1.14. The monoisotopic (exact) mass is 662 g/mol. The molecule has 2 heterocycles. The van der Waals surface area contributed by atoms with Gasteiger partial charge in [-0.1, -0.05) is 110 Å². The number of fused-ring (bicyclic) bond motifs is 6. The molecule has 1 aromatic heterocycles. The van der Waals surface area contributed by atoms with Gasteiger partial charge in [-0.25, -0.2) is 4.98 Å². The molecule has 6 aromatic rings. The van der Waals surface area contributed by atoms with Crippen molar-refractivity contribution in [1.82, 2.24) is 4.98 Å². The van der Waals surface area contributed by atoms with Gasteiger partial charge in [0.25, 0.3) is 0 Å². The van der Waals surface area contributed by atoms with E-state index in [-0.39, 0.29) is 5.41 Å². The summed E-state index contributed by atoms with van der Waals surface area (Å²) in [4.78, 5) is 7.77. The minimum absolute atomic E-state index is 0.117. The first-order valence-corrected chi connectivity index (χ1v) is 21.8. The second kappa shape index (κ2) is 10.4. The van der Waals surface area contributed by atoms with E-state index in [2.05, 4.69) is 152 Å². The minimum atomic E-state index is -1.87. The number of hydrogen-bond acceptors (Lipinski definition) is 2. The van der Waals surface area contributed by atoms with E-state index in [0.717, 1.165) is 35.1 Å². The van der Waals surface area contributed by atoms with Crippen LogP contribution in [0.5, 0.6) is 0 Å². The van der Waals surface area contributed by atoms with Crippen LogP contribution in [-0.4, -0.2) is 13.1 Å². The second-order valence-corrected chi connectivity index (χ2v) is 20.8. The number of pyridine rings is 1. The standard InChI is InChI=1S/C47H42N2Si/c1-50(2)43-17-9-7-14-39(43)46-42(16-10-18-44(46)50)49(45-22-19-33(29-48-45)32-11-4-3-5-12-32)36-20-21-38-37-13-6-8-15-40(37)47(41(38)28-36)34-24-30-23-31(26-34)27-35(47)25-30/h3-22,28-31,34-35H,23-27H2,1-2H3. The van der Waals surface area contributed by atoms with E-state index < -0.39 is 8.07 Å². The summed E-state index contributed by atoms with van der Waals surface area (Å²) in [5.74, 6) is 4.27. The van der Waals surface area contributed by atoms with Crippen molar-refractivity contribution in [2.75, 3.05) is 4.90 Å². The molecule has 5 aliphatic carbocycles. The minimum Gasteiger partial charge on any atom is -0.294 e. The smallest absolute Gasteiger partial charge is 0.137 e. The number of rotatable bonds is 4. The molecule has 1 aliphatic heterocycles. The molecule has 0 radical (unpaired) electrons. The van der Waals surface area contributed by atoms with Gasteiger partial charge in [-0.3, -0.25) is 4.90 Å². The Labute approximate surface area is 296 Å². The average Bonchev–Trinajstić information content (AvgIpc) is 3.57. The first-order chi connectivity index (χ1) is 24.5. The fourth-order valence-corrected chi connectivity index (χ4v) is 15.0. The highest BCUT2D eigenvalue weighted by Crippen LogP contribution is 2.69. The molecule has 4 bridgehead atoms. The molecule has 0 saturated heterocycles. The molecule has 4 saturated carbocycles. The summed E-state index contributed by atoms with van der Waals surface area (Å²) in [6.45, 7) is 5.03. The Morgan fingerprint density at radius 1 is 0.580 bits per heavy atom. The van der Waals surface area contributed by atoms with Crippen LogP contribution in [0, 0.1) is 23.7 Å². The summed E-state index contributed by atoms with van der Waals surface area (Å²) in [6, 6.07) is 48.3. The molecule has 1 spiro atoms. The van der Waals surface area contributed by atoms with Crippen molar-refractivity contribution in [2.45, 2.75) is 50.6 Å². The molecule has 0 amide bonds. The summed E-state index contributed by atoms with van der Waals surface area (Å²) >= 11 is 0. The van der Waals surface area contributed by atoms with Gasteiger partial charge in [-0.2, -0.15) is 0 Å². The van der Waals surface area contributed by atoms with Crippen LogP contribution in [0.15, 0.2) is 134 Å². The van der Waals surface area contributed by atoms with Crippen LogP contribution in [0.25, 0.3) is 33.4 Å². The Morgan fingerprint density at radius 3 is 2.02 bits per heavy atom. The number of nitrogens with zero attached hydrogens (tertiary/aromatic N) is 2. The van der Waals surface area contributed by atoms with E-state index in [1.165, 1.54) is 81.7 Å². The predicted octanol–water partition coefficient (Wildman–Crippen LogP) is 10.7. The molecule has 6 aliphatic rings. The molecule has 50 heavy (non-hydrogen) atoms. The third kappa shape index (κ3) is 3.82. The molecule has 244 valence electrons. The highest BCUT2D eigenvalue weighted by atomic mass is 28.3. The zero-order chi connectivity index (χ0) is 33.2. The Morgan fingerprint density at radius 2 is 1.26 bits per heavy atom. The second-order valence-electron chi connectivity index (χ2n) is 16.4. The third-order valence-electron chi connectivity index (χ3n) is 13.7. The van der Waals surface area contributed by atoms with Crippen molar-refractivity contribution in [3.63, 3.8) is 0 Å². The molecular weight excluding hydrogens is 621 g/mol. The van der Waals surface area contributed by atoms with Gasteiger partial charge in [-0.05, 0) is 130 Å². The number of hydrogen-bond donors (Lipinski definition) is 0. The van der Waals surface area contributed by atoms with Gasteiger partial charge in [0.15, 0.2) is 0 Å². The molecule has 5 aromatic carbocycles. The van der Waals surface area contributed by atoms with E-state index in [0.29, 0.717) is 0 Å². The zero-order valence-electron chi connectivity index (χ0n) is 28.9. The SMILES string of the molecule is C[Si]1(C)c2ccccc2-c2c(N(c3ccc4c(c3)C3(c5ccccc5-4)C4CC5CC(C4)CC3C5)c3ccc(-c4ccccc4)cn3)cccc21. The van der Waals surface area contributed by atoms with Crippen molar-refractivity contribution < 1.29 is 0 Å². The summed E-state index contributed by atoms with van der Waals surface area (Å²) in [7, 11) is -1.87. The zero-order valence-corrected chi connectivity index (χ0v) is 29.9. The Hall–Kier alpha value is -4.73. The Bertz CT molecular complexity index is 2290. The van der Waals surface area contributed by atoms with Crippen LogP contribution < -0.4 is 15.3 Å². The summed E-state index contributed by atoms with van der Waals surface area (Å²) in [5.41, 5.74) is 13.8. The fourth-order valence-electron chi connectivity index (χ4n) is 11.9. The maximum Gasteiger partial charge on any atom is 0.137 e. The van der Waals surface area contributed by atoms with Crippen LogP contribution in [0.1, 0.15) is 43.2 Å². The van der Waals surface area contributed by atoms with E-state index in [1.54, 1.807) is 11.1 Å². The lowest BCUT2D eigenvalue weighted by Crippen LogP contribution is -2.55. The highest BCUT2D eigenvalue weighted by Gasteiger charge is 2.61. The Kier molecular flexibility index (Phi) is 6.04. The summed E-state index contributed by atoms with van der Waals surface area (Å²) in [5, 5.41) is 3.06. The van der Waals surface area contributed by atoms with E-state index >= 15 is 0 Å². The molecule has 2 nitrogen and oxygen atoms in total. The van der Waals surface area contributed by atoms with Crippen LogP contribution in [0.3, 0.4) is 0 Å². The number of anilines is 3. The average molecular weight is 663 g/mol. The number of aromatic nitrogens is 1. The van der Waals surface area contributed by atoms with Gasteiger partial charge < -0.3 is 0 Å². The van der Waals surface area contributed by atoms with Crippen LogP contribution in [0.4, 0.5) is 17.2 Å². The van der Waals surface area contributed by atoms with Gasteiger partial charge in [-0.15, -0.1) is 0 Å². The van der Waals surface area contributed by atoms with E-state index in [4.69, 9.17) is 4.98 Å². The molecule has 0 unspecified atom stereocenters. The van der Waals surface area contributed by atoms with Crippen molar-refractivity contribution >= 4 is 35.6 Å². The molecule has 12 rings (SSSR count). The lowest BCUT2D eigenvalue weighted by molar-refractivity contribution is -0.0399. The van der Waals surface area contributed by atoms with Crippen molar-refractivity contribution in [3.8, 4) is 33.4 Å². The van der Waals surface area contributed by atoms with Gasteiger partial charge in [0, 0.05) is 28.4 Å². The van der Waals surface area contributed by atoms with Crippen LogP contribution >= 0.6 is 0 Å². The largest absolute Gasteiger partial charge is 0.294 e. The first-order valence-electron chi connectivity index (χ1n) is 18.8. The lowest BCUT2D eigenvalue weighted by atomic mass is 9.43. The molecule has 4 fully saturated rings. The van der Waals surface area contributed by atoms with Crippen molar-refractivity contribution in [3.05, 3.63) is 145 Å². The van der Waals surface area contributed by atoms with E-state index in [9.17, 15) is 0 Å². The van der Waals surface area contributed by atoms with E-state index in [1.807, 2.05) is 0 Å². The van der Waals surface area contributed by atoms with Crippen molar-refractivity contribution in [2.24, 2.45) is 23.7 Å². The topological polar surface area (TPSA) is 16.1 Å². The van der Waals surface area contributed by atoms with Gasteiger partial charge in [0.2, 0.25) is 0 Å². The normalized spacial score (nSPS) is 25.6. The first kappa shape index (κ1) is 29.0. The molecule has 0 N–H and O–H groups in total. The predicted molar refractivity (Wildman–Crippen MR) is 210 cm³/mol. The number of benzene rings is 5. The molecule has 0 atom stereocenters. The highest BCUT2D eigenvalue weighted by molar-refractivity contribution is 7.04. The van der Waals surface area contributed by atoms with Gasteiger partial charge >= 0.3 is 0 Å². The van der Waals surface area contributed by atoms with Crippen LogP contribution in [0.2, 0.25) is 13.1 Å². The van der Waals surface area contributed by atoms with Crippen LogP contribution in [-0.2, 0) is 5.41 Å². The lowest BCUT2D eigenvalue weighted by Gasteiger charge is -2.61. The summed E-state index contributed by atoms with van der Waals surface area (Å²) < 4.78 is 0. The maximum atomic E-state index is 5.27. The quantitative estimate of drug-likeness (QED) is 0.175. The molecular formula is C47H42N2Si. The fraction of sp³-hybridized carbons (Fsp3) is 0.255. The molecule has 3 heteroatoms. The summed E-state index contributed by atoms with van der Waals surface area (Å²) in [6.07, 6.45) is 9.09. The van der Waals surface area contributed by atoms with Gasteiger partial charge in [0.1, 0.15) is 13.9 Å². The van der Waals surface area contributed by atoms with Crippen molar-refractivity contribution in [1.29, 1.82) is 0 Å². The van der Waals surface area contributed by atoms with Gasteiger partial charge in [0.05, 0.1) is 5.69 Å². The maximum absolute atomic E-state index is 5.27. The third-order valence-corrected chi connectivity index (χ3v) is 17.3.